The zero-order valence-corrected chi connectivity index (χ0v) is 21.0. The lowest BCUT2D eigenvalue weighted by Crippen LogP contribution is -2.24. The number of nitrogens with zero attached hydrogens (tertiary/aromatic N) is 6. The summed E-state index contributed by atoms with van der Waals surface area (Å²) >= 11 is 1.48. The standard InChI is InChI=1S/C26H25N7O2S/c1-17-14-18(2)33-25(28-17)29-26(31-33)36-16-19-6-4-5-7-23(19)24(34)27-15-20-12-13-32(30-20)21-8-10-22(35-3)11-9-21/h4-14H,15-16H2,1-3H3,(H,27,34). The van der Waals surface area contributed by atoms with E-state index in [1.165, 1.54) is 11.8 Å². The molecule has 5 aromatic rings. The smallest absolute Gasteiger partial charge is 0.253 e. The van der Waals surface area contributed by atoms with Crippen molar-refractivity contribution in [2.75, 3.05) is 7.11 Å². The minimum absolute atomic E-state index is 0.152. The maximum absolute atomic E-state index is 13.0. The third-order valence-electron chi connectivity index (χ3n) is 5.63. The van der Waals surface area contributed by atoms with E-state index >= 15 is 0 Å². The second-order valence-corrected chi connectivity index (χ2v) is 9.17. The summed E-state index contributed by atoms with van der Waals surface area (Å²) in [5.74, 6) is 1.77. The van der Waals surface area contributed by atoms with E-state index in [4.69, 9.17) is 4.74 Å². The fourth-order valence-corrected chi connectivity index (χ4v) is 4.64. The lowest BCUT2D eigenvalue weighted by Gasteiger charge is -2.09. The molecule has 0 aliphatic carbocycles. The predicted molar refractivity (Wildman–Crippen MR) is 138 cm³/mol. The Balaban J connectivity index is 1.24. The molecule has 0 saturated carbocycles. The summed E-state index contributed by atoms with van der Waals surface area (Å²) in [6.45, 7) is 4.24. The quantitative estimate of drug-likeness (QED) is 0.320. The van der Waals surface area contributed by atoms with Crippen LogP contribution >= 0.6 is 11.8 Å². The lowest BCUT2D eigenvalue weighted by molar-refractivity contribution is 0.0949. The largest absolute Gasteiger partial charge is 0.497 e. The zero-order valence-electron chi connectivity index (χ0n) is 20.2. The number of amides is 1. The van der Waals surface area contributed by atoms with Crippen LogP contribution in [-0.2, 0) is 12.3 Å². The number of thioether (sulfide) groups is 1. The van der Waals surface area contributed by atoms with E-state index in [1.807, 2.05) is 80.7 Å². The van der Waals surface area contributed by atoms with E-state index in [-0.39, 0.29) is 5.91 Å². The Hall–Kier alpha value is -4.18. The van der Waals surface area contributed by atoms with Crippen LogP contribution in [0.5, 0.6) is 5.75 Å². The molecule has 0 atom stereocenters. The Morgan fingerprint density at radius 3 is 2.64 bits per heavy atom. The number of aryl methyl sites for hydroxylation is 2. The summed E-state index contributed by atoms with van der Waals surface area (Å²) in [6.07, 6.45) is 1.87. The summed E-state index contributed by atoms with van der Waals surface area (Å²) in [5.41, 5.74) is 5.08. The molecule has 182 valence electrons. The summed E-state index contributed by atoms with van der Waals surface area (Å²) in [5, 5.41) is 12.7. The average Bonchev–Trinajstić information content (AvgIpc) is 3.53. The van der Waals surface area contributed by atoms with E-state index < -0.39 is 0 Å². The second-order valence-electron chi connectivity index (χ2n) is 8.22. The normalized spacial score (nSPS) is 11.1. The van der Waals surface area contributed by atoms with Crippen LogP contribution in [0.1, 0.15) is 33.0 Å². The highest BCUT2D eigenvalue weighted by atomic mass is 32.2. The Kier molecular flexibility index (Phi) is 6.68. The highest BCUT2D eigenvalue weighted by molar-refractivity contribution is 7.98. The first-order valence-electron chi connectivity index (χ1n) is 11.4. The van der Waals surface area contributed by atoms with Crippen molar-refractivity contribution in [3.63, 3.8) is 0 Å². The molecule has 0 bridgehead atoms. The molecule has 9 nitrogen and oxygen atoms in total. The monoisotopic (exact) mass is 499 g/mol. The highest BCUT2D eigenvalue weighted by Crippen LogP contribution is 2.23. The van der Waals surface area contributed by atoms with Crippen LogP contribution in [0.4, 0.5) is 0 Å². The number of nitrogens with one attached hydrogen (secondary N) is 1. The number of hydrogen-bond acceptors (Lipinski definition) is 7. The minimum atomic E-state index is -0.152. The molecule has 3 heterocycles. The average molecular weight is 500 g/mol. The third-order valence-corrected chi connectivity index (χ3v) is 6.52. The van der Waals surface area contributed by atoms with Gasteiger partial charge in [0.2, 0.25) is 5.16 Å². The van der Waals surface area contributed by atoms with E-state index in [2.05, 4.69) is 25.5 Å². The number of methoxy groups -OCH3 is 1. The number of aromatic nitrogens is 6. The molecule has 5 rings (SSSR count). The van der Waals surface area contributed by atoms with Gasteiger partial charge >= 0.3 is 0 Å². The van der Waals surface area contributed by atoms with Gasteiger partial charge in [0.25, 0.3) is 11.7 Å². The fourth-order valence-electron chi connectivity index (χ4n) is 3.82. The molecule has 0 spiro atoms. The highest BCUT2D eigenvalue weighted by Gasteiger charge is 2.14. The minimum Gasteiger partial charge on any atom is -0.497 e. The number of hydrogen-bond donors (Lipinski definition) is 1. The van der Waals surface area contributed by atoms with Crippen LogP contribution in [0, 0.1) is 13.8 Å². The molecule has 0 unspecified atom stereocenters. The third kappa shape index (κ3) is 5.08. The molecule has 1 N–H and O–H groups in total. The topological polar surface area (TPSA) is 99.2 Å². The molecule has 0 saturated heterocycles. The molecule has 0 aliphatic rings. The first-order valence-corrected chi connectivity index (χ1v) is 12.4. The van der Waals surface area contributed by atoms with Crippen molar-refractivity contribution in [1.29, 1.82) is 0 Å². The van der Waals surface area contributed by atoms with Crippen molar-refractivity contribution in [2.24, 2.45) is 0 Å². The van der Waals surface area contributed by atoms with Gasteiger partial charge in [-0.1, -0.05) is 30.0 Å². The van der Waals surface area contributed by atoms with Crippen molar-refractivity contribution in [3.05, 3.63) is 95.1 Å². The van der Waals surface area contributed by atoms with Crippen LogP contribution in [0.25, 0.3) is 11.5 Å². The predicted octanol–water partition coefficient (Wildman–Crippen LogP) is 4.16. The molecule has 2 aromatic carbocycles. The molecular formula is C26H25N7O2S. The maximum Gasteiger partial charge on any atom is 0.253 e. The Bertz CT molecular complexity index is 1530. The molecule has 0 aliphatic heterocycles. The molecule has 1 amide bonds. The second kappa shape index (κ2) is 10.2. The van der Waals surface area contributed by atoms with Crippen molar-refractivity contribution < 1.29 is 9.53 Å². The van der Waals surface area contributed by atoms with Gasteiger partial charge < -0.3 is 10.1 Å². The van der Waals surface area contributed by atoms with Gasteiger partial charge in [-0.2, -0.15) is 10.1 Å². The number of rotatable bonds is 8. The molecule has 3 aromatic heterocycles. The molecule has 36 heavy (non-hydrogen) atoms. The number of carbonyl (C=O) groups excluding carboxylic acids is 1. The Morgan fingerprint density at radius 2 is 1.83 bits per heavy atom. The van der Waals surface area contributed by atoms with Gasteiger partial charge in [-0.3, -0.25) is 4.79 Å². The Labute approximate surface area is 212 Å². The van der Waals surface area contributed by atoms with Gasteiger partial charge in [0.15, 0.2) is 0 Å². The lowest BCUT2D eigenvalue weighted by atomic mass is 10.1. The first-order chi connectivity index (χ1) is 17.5. The van der Waals surface area contributed by atoms with E-state index in [9.17, 15) is 4.79 Å². The Morgan fingerprint density at radius 1 is 1.03 bits per heavy atom. The van der Waals surface area contributed by atoms with Crippen LogP contribution in [0.15, 0.2) is 72.0 Å². The summed E-state index contributed by atoms with van der Waals surface area (Å²) in [7, 11) is 1.63. The van der Waals surface area contributed by atoms with Crippen molar-refractivity contribution in [1.82, 2.24) is 34.7 Å². The van der Waals surface area contributed by atoms with Gasteiger partial charge in [0.05, 0.1) is 25.0 Å². The molecule has 10 heteroatoms. The van der Waals surface area contributed by atoms with E-state index in [1.54, 1.807) is 16.3 Å². The van der Waals surface area contributed by atoms with Crippen molar-refractivity contribution in [3.8, 4) is 11.4 Å². The van der Waals surface area contributed by atoms with Crippen molar-refractivity contribution in [2.45, 2.75) is 31.3 Å². The summed E-state index contributed by atoms with van der Waals surface area (Å²) in [6, 6.07) is 19.0. The van der Waals surface area contributed by atoms with Gasteiger partial charge in [0.1, 0.15) is 5.75 Å². The van der Waals surface area contributed by atoms with Crippen LogP contribution in [0.3, 0.4) is 0 Å². The van der Waals surface area contributed by atoms with Crippen LogP contribution in [-0.4, -0.2) is 42.4 Å². The molecular weight excluding hydrogens is 474 g/mol. The first kappa shape index (κ1) is 23.6. The van der Waals surface area contributed by atoms with Crippen LogP contribution < -0.4 is 10.1 Å². The van der Waals surface area contributed by atoms with Crippen LogP contribution in [0.2, 0.25) is 0 Å². The van der Waals surface area contributed by atoms with Gasteiger partial charge in [-0.15, -0.1) is 5.10 Å². The molecule has 0 fully saturated rings. The molecule has 0 radical (unpaired) electrons. The van der Waals surface area contributed by atoms with Crippen molar-refractivity contribution >= 4 is 23.4 Å². The van der Waals surface area contributed by atoms with E-state index in [0.717, 1.165) is 34.1 Å². The van der Waals surface area contributed by atoms with Gasteiger partial charge in [-0.05, 0) is 61.9 Å². The number of fused-ring (bicyclic) bond motifs is 1. The fraction of sp³-hybridized carbons (Fsp3) is 0.192. The summed E-state index contributed by atoms with van der Waals surface area (Å²) in [4.78, 5) is 22.0. The van der Waals surface area contributed by atoms with Gasteiger partial charge in [-0.25, -0.2) is 14.2 Å². The summed E-state index contributed by atoms with van der Waals surface area (Å²) < 4.78 is 8.71. The number of carbonyl (C=O) groups is 1. The zero-order chi connectivity index (χ0) is 25.1. The van der Waals surface area contributed by atoms with Gasteiger partial charge in [0, 0.05) is 28.9 Å². The van der Waals surface area contributed by atoms with E-state index in [0.29, 0.717) is 28.8 Å². The maximum atomic E-state index is 13.0. The SMILES string of the molecule is COc1ccc(-n2ccc(CNC(=O)c3ccccc3CSc3nc4nc(C)cc(C)n4n3)n2)cc1. The number of ether oxygens (including phenoxy) is 1. The number of benzene rings is 2.